The molecule has 3 N–H and O–H groups in total. The molecule has 2 aromatic rings. The monoisotopic (exact) mass is 244 g/mol. The molecule has 17 heavy (non-hydrogen) atoms. The second-order valence-electron chi connectivity index (χ2n) is 4.02. The van der Waals surface area contributed by atoms with E-state index in [2.05, 4.69) is 42.2 Å². The first-order valence-corrected chi connectivity index (χ1v) is 5.98. The first-order chi connectivity index (χ1) is 8.19. The maximum absolute atomic E-state index is 5.74. The van der Waals surface area contributed by atoms with Crippen LogP contribution in [0.2, 0.25) is 0 Å². The quantitative estimate of drug-likeness (QED) is 0.573. The second-order valence-corrected chi connectivity index (χ2v) is 4.50. The minimum atomic E-state index is 0.725. The molecule has 0 saturated heterocycles. The van der Waals surface area contributed by atoms with E-state index in [1.165, 1.54) is 11.1 Å². The van der Waals surface area contributed by atoms with Crippen LogP contribution < -0.4 is 11.1 Å². The predicted molar refractivity (Wildman–Crippen MR) is 76.9 cm³/mol. The third-order valence-electron chi connectivity index (χ3n) is 2.75. The summed E-state index contributed by atoms with van der Waals surface area (Å²) in [5, 5.41) is 3.11. The Morgan fingerprint density at radius 2 is 1.71 bits per heavy atom. The lowest BCUT2D eigenvalue weighted by molar-refractivity contribution is 1.17. The van der Waals surface area contributed by atoms with Gasteiger partial charge in [-0.1, -0.05) is 18.2 Å². The van der Waals surface area contributed by atoms with Gasteiger partial charge in [0.05, 0.1) is 0 Å². The third kappa shape index (κ3) is 2.94. The van der Waals surface area contributed by atoms with E-state index in [-0.39, 0.29) is 0 Å². The van der Waals surface area contributed by atoms with Crippen molar-refractivity contribution < 1.29 is 0 Å². The highest BCUT2D eigenvalue weighted by molar-refractivity contribution is 7.80. The molecule has 0 radical (unpaired) electrons. The van der Waals surface area contributed by atoms with Gasteiger partial charge in [0.15, 0.2) is 0 Å². The van der Waals surface area contributed by atoms with Crippen molar-refractivity contribution in [3.63, 3.8) is 0 Å². The lowest BCUT2D eigenvalue weighted by atomic mass is 10.0. The minimum absolute atomic E-state index is 0.725. The van der Waals surface area contributed by atoms with Gasteiger partial charge in [0, 0.05) is 23.3 Å². The topological polar surface area (TPSA) is 38.0 Å². The van der Waals surface area contributed by atoms with Gasteiger partial charge < -0.3 is 11.1 Å². The number of thiol groups is 1. The van der Waals surface area contributed by atoms with Gasteiger partial charge in [-0.2, -0.15) is 0 Å². The zero-order chi connectivity index (χ0) is 12.3. The molecular formula is C14H16N2S. The second kappa shape index (κ2) is 5.15. The van der Waals surface area contributed by atoms with Crippen molar-refractivity contribution in [1.82, 2.24) is 0 Å². The number of hydrogen-bond donors (Lipinski definition) is 3. The Morgan fingerprint density at radius 1 is 1.06 bits per heavy atom. The van der Waals surface area contributed by atoms with Gasteiger partial charge in [-0.3, -0.25) is 0 Å². The molecular weight excluding hydrogens is 228 g/mol. The van der Waals surface area contributed by atoms with Crippen LogP contribution in [0.3, 0.4) is 0 Å². The lowest BCUT2D eigenvalue weighted by Gasteiger charge is -2.06. The fourth-order valence-corrected chi connectivity index (χ4v) is 1.96. The largest absolute Gasteiger partial charge is 0.398 e. The van der Waals surface area contributed by atoms with Crippen LogP contribution in [0.4, 0.5) is 11.4 Å². The lowest BCUT2D eigenvalue weighted by Crippen LogP contribution is -1.93. The van der Waals surface area contributed by atoms with Crippen molar-refractivity contribution >= 4 is 24.0 Å². The van der Waals surface area contributed by atoms with Gasteiger partial charge in [0.1, 0.15) is 0 Å². The molecule has 0 spiro atoms. The van der Waals surface area contributed by atoms with E-state index in [4.69, 9.17) is 5.73 Å². The van der Waals surface area contributed by atoms with Crippen LogP contribution in [0.15, 0.2) is 47.4 Å². The van der Waals surface area contributed by atoms with Crippen LogP contribution >= 0.6 is 12.6 Å². The molecule has 0 aliphatic heterocycles. The SMILES string of the molecule is CNc1ccc(Cc2ccc(N)c(S)c2)cc1. The number of nitrogens with one attached hydrogen (secondary N) is 1. The Bertz CT molecular complexity index is 506. The predicted octanol–water partition coefficient (Wildman–Crippen LogP) is 3.19. The summed E-state index contributed by atoms with van der Waals surface area (Å²) in [5.41, 5.74) is 10.1. The standard InChI is InChI=1S/C14H16N2S/c1-16-12-5-2-10(3-6-12)8-11-4-7-13(15)14(17)9-11/h2-7,9,16-17H,8,15H2,1H3. The Balaban J connectivity index is 2.16. The first-order valence-electron chi connectivity index (χ1n) is 5.53. The molecule has 2 nitrogen and oxygen atoms in total. The van der Waals surface area contributed by atoms with Crippen molar-refractivity contribution in [1.29, 1.82) is 0 Å². The third-order valence-corrected chi connectivity index (χ3v) is 3.13. The molecule has 88 valence electrons. The summed E-state index contributed by atoms with van der Waals surface area (Å²) < 4.78 is 0. The number of anilines is 2. The maximum atomic E-state index is 5.74. The van der Waals surface area contributed by atoms with Crippen LogP contribution in [-0.4, -0.2) is 7.05 Å². The molecule has 0 saturated carbocycles. The minimum Gasteiger partial charge on any atom is -0.398 e. The number of hydrogen-bond acceptors (Lipinski definition) is 3. The van der Waals surface area contributed by atoms with Gasteiger partial charge in [-0.05, 0) is 41.8 Å². The smallest absolute Gasteiger partial charge is 0.0449 e. The zero-order valence-electron chi connectivity index (χ0n) is 9.77. The van der Waals surface area contributed by atoms with Gasteiger partial charge >= 0.3 is 0 Å². The Labute approximate surface area is 107 Å². The normalized spacial score (nSPS) is 10.2. The number of nitrogens with two attached hydrogens (primary N) is 1. The molecule has 0 amide bonds. The van der Waals surface area contributed by atoms with E-state index < -0.39 is 0 Å². The molecule has 0 heterocycles. The van der Waals surface area contributed by atoms with Crippen LogP contribution in [0.25, 0.3) is 0 Å². The van der Waals surface area contributed by atoms with Gasteiger partial charge in [-0.15, -0.1) is 12.6 Å². The van der Waals surface area contributed by atoms with E-state index in [0.29, 0.717) is 0 Å². The van der Waals surface area contributed by atoms with Gasteiger partial charge in [-0.25, -0.2) is 0 Å². The van der Waals surface area contributed by atoms with Crippen molar-refractivity contribution in [2.45, 2.75) is 11.3 Å². The Morgan fingerprint density at radius 3 is 2.29 bits per heavy atom. The Hall–Kier alpha value is -1.61. The summed E-state index contributed by atoms with van der Waals surface area (Å²) in [6.45, 7) is 0. The highest BCUT2D eigenvalue weighted by Crippen LogP contribution is 2.20. The van der Waals surface area contributed by atoms with Gasteiger partial charge in [0.25, 0.3) is 0 Å². The average Bonchev–Trinajstić information content (AvgIpc) is 2.35. The molecule has 2 rings (SSSR count). The summed E-state index contributed by atoms with van der Waals surface area (Å²) in [6, 6.07) is 14.4. The summed E-state index contributed by atoms with van der Waals surface area (Å²) in [7, 11) is 1.92. The van der Waals surface area contributed by atoms with Crippen molar-refractivity contribution in [3.8, 4) is 0 Å². The van der Waals surface area contributed by atoms with E-state index in [0.717, 1.165) is 22.7 Å². The van der Waals surface area contributed by atoms with Crippen LogP contribution in [0.1, 0.15) is 11.1 Å². The number of rotatable bonds is 3. The van der Waals surface area contributed by atoms with E-state index in [1.54, 1.807) is 0 Å². The highest BCUT2D eigenvalue weighted by Gasteiger charge is 1.99. The molecule has 0 aliphatic carbocycles. The molecule has 0 aliphatic rings. The van der Waals surface area contributed by atoms with Crippen molar-refractivity contribution in [2.24, 2.45) is 0 Å². The van der Waals surface area contributed by atoms with Crippen LogP contribution in [-0.2, 0) is 6.42 Å². The van der Waals surface area contributed by atoms with E-state index in [9.17, 15) is 0 Å². The average molecular weight is 244 g/mol. The summed E-state index contributed by atoms with van der Waals surface area (Å²) in [5.74, 6) is 0. The van der Waals surface area contributed by atoms with Crippen molar-refractivity contribution in [2.75, 3.05) is 18.1 Å². The molecule has 3 heteroatoms. The molecule has 0 bridgehead atoms. The highest BCUT2D eigenvalue weighted by atomic mass is 32.1. The van der Waals surface area contributed by atoms with Gasteiger partial charge in [0.2, 0.25) is 0 Å². The van der Waals surface area contributed by atoms with E-state index in [1.807, 2.05) is 25.2 Å². The molecule has 2 aromatic carbocycles. The molecule has 0 aromatic heterocycles. The van der Waals surface area contributed by atoms with Crippen LogP contribution in [0, 0.1) is 0 Å². The van der Waals surface area contributed by atoms with Crippen LogP contribution in [0.5, 0.6) is 0 Å². The first kappa shape index (κ1) is 11.9. The Kier molecular flexibility index (Phi) is 3.59. The maximum Gasteiger partial charge on any atom is 0.0449 e. The fourth-order valence-electron chi connectivity index (χ4n) is 1.72. The number of nitrogen functional groups attached to an aromatic ring is 1. The fraction of sp³-hybridized carbons (Fsp3) is 0.143. The number of benzene rings is 2. The van der Waals surface area contributed by atoms with Crippen molar-refractivity contribution in [3.05, 3.63) is 53.6 Å². The summed E-state index contributed by atoms with van der Waals surface area (Å²) >= 11 is 4.33. The summed E-state index contributed by atoms with van der Waals surface area (Å²) in [4.78, 5) is 0.842. The summed E-state index contributed by atoms with van der Waals surface area (Å²) in [6.07, 6.45) is 0.901. The van der Waals surface area contributed by atoms with E-state index >= 15 is 0 Å². The molecule has 0 fully saturated rings. The molecule has 0 unspecified atom stereocenters. The zero-order valence-corrected chi connectivity index (χ0v) is 10.7. The molecule has 0 atom stereocenters.